The van der Waals surface area contributed by atoms with Gasteiger partial charge in [-0.3, -0.25) is 4.79 Å². The molecule has 0 fully saturated rings. The second-order valence-electron chi connectivity index (χ2n) is 7.64. The standard InChI is InChI=1S/C21H23F3N4O3S/c1-14(2)13-19(29)26-15-7-9-16(10-8-15)32(30,31)25-11-12-28-18-6-4-3-5-17(18)27-20(28)21(22,23)24/h3-10,14,25H,11-13H2,1-2H3,(H,26,29). The van der Waals surface area contributed by atoms with E-state index in [2.05, 4.69) is 15.0 Å². The van der Waals surface area contributed by atoms with E-state index >= 15 is 0 Å². The molecule has 0 saturated heterocycles. The molecular formula is C21H23F3N4O3S. The summed E-state index contributed by atoms with van der Waals surface area (Å²) in [5.41, 5.74) is 0.896. The molecule has 11 heteroatoms. The number of carbonyl (C=O) groups is 1. The fraction of sp³-hybridized carbons (Fsp3) is 0.333. The Balaban J connectivity index is 1.69. The average molecular weight is 469 g/mol. The second-order valence-corrected chi connectivity index (χ2v) is 9.41. The van der Waals surface area contributed by atoms with Crippen LogP contribution in [0.5, 0.6) is 0 Å². The molecule has 2 aromatic carbocycles. The maximum absolute atomic E-state index is 13.4. The summed E-state index contributed by atoms with van der Waals surface area (Å²) >= 11 is 0. The number of amides is 1. The number of nitrogens with one attached hydrogen (secondary N) is 2. The molecule has 1 heterocycles. The molecular weight excluding hydrogens is 445 g/mol. The van der Waals surface area contributed by atoms with Crippen molar-refractivity contribution in [3.8, 4) is 0 Å². The highest BCUT2D eigenvalue weighted by Crippen LogP contribution is 2.31. The number of hydrogen-bond donors (Lipinski definition) is 2. The Bertz CT molecular complexity index is 1200. The van der Waals surface area contributed by atoms with Crippen LogP contribution in [0, 0.1) is 5.92 Å². The van der Waals surface area contributed by atoms with E-state index in [0.717, 1.165) is 4.57 Å². The van der Waals surface area contributed by atoms with Gasteiger partial charge in [-0.15, -0.1) is 0 Å². The maximum Gasteiger partial charge on any atom is 0.449 e. The zero-order chi connectivity index (χ0) is 23.5. The summed E-state index contributed by atoms with van der Waals surface area (Å²) in [5, 5.41) is 2.68. The normalized spacial score (nSPS) is 12.4. The number of sulfonamides is 1. The van der Waals surface area contributed by atoms with Crippen molar-refractivity contribution in [2.45, 2.75) is 37.9 Å². The smallest absolute Gasteiger partial charge is 0.326 e. The number of fused-ring (bicyclic) bond motifs is 1. The molecule has 1 amide bonds. The molecule has 0 aliphatic heterocycles. The molecule has 0 unspecified atom stereocenters. The lowest BCUT2D eigenvalue weighted by Crippen LogP contribution is -2.28. The third-order valence-corrected chi connectivity index (χ3v) is 6.05. The summed E-state index contributed by atoms with van der Waals surface area (Å²) in [6, 6.07) is 11.7. The van der Waals surface area contributed by atoms with Crippen LogP contribution < -0.4 is 10.0 Å². The molecule has 3 aromatic rings. The van der Waals surface area contributed by atoms with Crippen LogP contribution in [0.25, 0.3) is 11.0 Å². The summed E-state index contributed by atoms with van der Waals surface area (Å²) in [5.74, 6) is -1.08. The monoisotopic (exact) mass is 468 g/mol. The Hall–Kier alpha value is -2.92. The number of benzene rings is 2. The van der Waals surface area contributed by atoms with Crippen LogP contribution >= 0.6 is 0 Å². The van der Waals surface area contributed by atoms with Gasteiger partial charge in [-0.1, -0.05) is 26.0 Å². The number of anilines is 1. The maximum atomic E-state index is 13.4. The Kier molecular flexibility index (Phi) is 6.89. The van der Waals surface area contributed by atoms with Crippen LogP contribution in [0.15, 0.2) is 53.4 Å². The van der Waals surface area contributed by atoms with Gasteiger partial charge in [-0.05, 0) is 42.3 Å². The molecule has 0 aliphatic rings. The van der Waals surface area contributed by atoms with Crippen molar-refractivity contribution >= 4 is 32.7 Å². The Labute approximate surface area is 183 Å². The van der Waals surface area contributed by atoms with Crippen LogP contribution in [0.1, 0.15) is 26.1 Å². The number of aromatic nitrogens is 2. The summed E-state index contributed by atoms with van der Waals surface area (Å²) < 4.78 is 68.4. The largest absolute Gasteiger partial charge is 0.449 e. The van der Waals surface area contributed by atoms with Gasteiger partial charge in [0.2, 0.25) is 21.8 Å². The van der Waals surface area contributed by atoms with Crippen molar-refractivity contribution in [1.29, 1.82) is 0 Å². The number of halogens is 3. The van der Waals surface area contributed by atoms with Crippen LogP contribution in [-0.2, 0) is 27.5 Å². The lowest BCUT2D eigenvalue weighted by atomic mass is 10.1. The quantitative estimate of drug-likeness (QED) is 0.522. The van der Waals surface area contributed by atoms with Crippen molar-refractivity contribution in [1.82, 2.24) is 14.3 Å². The summed E-state index contributed by atoms with van der Waals surface area (Å²) in [7, 11) is -3.96. The van der Waals surface area contributed by atoms with E-state index in [1.165, 1.54) is 36.4 Å². The molecule has 0 bridgehead atoms. The highest BCUT2D eigenvalue weighted by atomic mass is 32.2. The molecule has 172 valence electrons. The van der Waals surface area contributed by atoms with E-state index in [1.807, 2.05) is 13.8 Å². The predicted octanol–water partition coefficient (Wildman–Crippen LogP) is 4.02. The molecule has 3 rings (SSSR count). The first-order chi connectivity index (χ1) is 15.0. The van der Waals surface area contributed by atoms with Gasteiger partial charge in [0.1, 0.15) is 0 Å². The van der Waals surface area contributed by atoms with Crippen molar-refractivity contribution in [2.24, 2.45) is 5.92 Å². The molecule has 1 aromatic heterocycles. The van der Waals surface area contributed by atoms with Gasteiger partial charge in [0.25, 0.3) is 0 Å². The Morgan fingerprint density at radius 1 is 1.09 bits per heavy atom. The molecule has 0 spiro atoms. The fourth-order valence-electron chi connectivity index (χ4n) is 3.19. The fourth-order valence-corrected chi connectivity index (χ4v) is 4.21. The minimum absolute atomic E-state index is 0.0640. The van der Waals surface area contributed by atoms with Crippen LogP contribution in [-0.4, -0.2) is 30.4 Å². The van der Waals surface area contributed by atoms with Crippen LogP contribution in [0.2, 0.25) is 0 Å². The molecule has 0 radical (unpaired) electrons. The van der Waals surface area contributed by atoms with Crippen LogP contribution in [0.3, 0.4) is 0 Å². The molecule has 32 heavy (non-hydrogen) atoms. The van der Waals surface area contributed by atoms with Gasteiger partial charge in [0, 0.05) is 25.2 Å². The van der Waals surface area contributed by atoms with Gasteiger partial charge in [-0.2, -0.15) is 13.2 Å². The highest BCUT2D eigenvalue weighted by Gasteiger charge is 2.37. The molecule has 2 N–H and O–H groups in total. The molecule has 7 nitrogen and oxygen atoms in total. The number of rotatable bonds is 8. The van der Waals surface area contributed by atoms with Gasteiger partial charge in [0.15, 0.2) is 0 Å². The summed E-state index contributed by atoms with van der Waals surface area (Å²) in [6.45, 7) is 3.30. The number of para-hydroxylation sites is 2. The number of imidazole rings is 1. The van der Waals surface area contributed by atoms with Gasteiger partial charge < -0.3 is 9.88 Å². The molecule has 0 aliphatic carbocycles. The van der Waals surface area contributed by atoms with E-state index in [1.54, 1.807) is 12.1 Å². The van der Waals surface area contributed by atoms with Crippen molar-refractivity contribution < 1.29 is 26.4 Å². The SMILES string of the molecule is CC(C)CC(=O)Nc1ccc(S(=O)(=O)NCCn2c(C(F)(F)F)nc3ccccc32)cc1. The predicted molar refractivity (Wildman–Crippen MR) is 114 cm³/mol. The first-order valence-corrected chi connectivity index (χ1v) is 11.4. The van der Waals surface area contributed by atoms with E-state index in [9.17, 15) is 26.4 Å². The van der Waals surface area contributed by atoms with E-state index < -0.39 is 22.0 Å². The Morgan fingerprint density at radius 2 is 1.75 bits per heavy atom. The lowest BCUT2D eigenvalue weighted by Gasteiger charge is -2.13. The number of hydrogen-bond acceptors (Lipinski definition) is 4. The minimum Gasteiger partial charge on any atom is -0.326 e. The van der Waals surface area contributed by atoms with Gasteiger partial charge in [0.05, 0.1) is 15.9 Å². The van der Waals surface area contributed by atoms with Crippen molar-refractivity contribution in [2.75, 3.05) is 11.9 Å². The summed E-state index contributed by atoms with van der Waals surface area (Å²) in [6.07, 6.45) is -4.34. The van der Waals surface area contributed by atoms with Gasteiger partial charge >= 0.3 is 6.18 Å². The number of carbonyl (C=O) groups excluding carboxylic acids is 1. The van der Waals surface area contributed by atoms with Crippen molar-refractivity contribution in [3.63, 3.8) is 0 Å². The highest BCUT2D eigenvalue weighted by molar-refractivity contribution is 7.89. The number of nitrogens with zero attached hydrogens (tertiary/aromatic N) is 2. The Morgan fingerprint density at radius 3 is 2.38 bits per heavy atom. The molecule has 0 atom stereocenters. The minimum atomic E-state index is -4.67. The summed E-state index contributed by atoms with van der Waals surface area (Å²) in [4.78, 5) is 15.4. The van der Waals surface area contributed by atoms with Crippen LogP contribution in [0.4, 0.5) is 18.9 Å². The lowest BCUT2D eigenvalue weighted by molar-refractivity contribution is -0.146. The van der Waals surface area contributed by atoms with E-state index in [0.29, 0.717) is 12.1 Å². The zero-order valence-electron chi connectivity index (χ0n) is 17.5. The number of alkyl halides is 3. The zero-order valence-corrected chi connectivity index (χ0v) is 18.3. The first-order valence-electron chi connectivity index (χ1n) is 9.89. The van der Waals surface area contributed by atoms with E-state index in [-0.39, 0.29) is 40.8 Å². The van der Waals surface area contributed by atoms with Gasteiger partial charge in [-0.25, -0.2) is 18.1 Å². The average Bonchev–Trinajstić information content (AvgIpc) is 3.07. The second kappa shape index (κ2) is 9.29. The third kappa shape index (κ3) is 5.65. The molecule has 0 saturated carbocycles. The van der Waals surface area contributed by atoms with Crippen molar-refractivity contribution in [3.05, 3.63) is 54.4 Å². The third-order valence-electron chi connectivity index (χ3n) is 4.58. The topological polar surface area (TPSA) is 93.1 Å². The van der Waals surface area contributed by atoms with E-state index in [4.69, 9.17) is 0 Å². The first kappa shape index (κ1) is 23.7.